The number of benzene rings is 1. The molecule has 0 bridgehead atoms. The highest BCUT2D eigenvalue weighted by atomic mass is 19.3. The lowest BCUT2D eigenvalue weighted by atomic mass is 10.1. The maximum absolute atomic E-state index is 12.1. The third kappa shape index (κ3) is 2.15. The average molecular weight is 225 g/mol. The van der Waals surface area contributed by atoms with Gasteiger partial charge >= 0.3 is 6.61 Å². The first-order valence-electron chi connectivity index (χ1n) is 5.25. The summed E-state index contributed by atoms with van der Waals surface area (Å²) >= 11 is 0. The zero-order valence-electron chi connectivity index (χ0n) is 8.97. The summed E-state index contributed by atoms with van der Waals surface area (Å²) in [4.78, 5) is 3.11. The van der Waals surface area contributed by atoms with E-state index in [1.807, 2.05) is 6.20 Å². The Kier molecular flexibility index (Phi) is 3.08. The summed E-state index contributed by atoms with van der Waals surface area (Å²) in [5.74, 6) is 0.208. The van der Waals surface area contributed by atoms with Crippen LogP contribution in [0.4, 0.5) is 8.78 Å². The highest BCUT2D eigenvalue weighted by Gasteiger charge is 2.07. The van der Waals surface area contributed by atoms with E-state index in [1.54, 1.807) is 18.2 Å². The molecule has 2 aromatic rings. The summed E-state index contributed by atoms with van der Waals surface area (Å²) in [5, 5.41) is 0.958. The Bertz CT molecular complexity index is 479. The smallest absolute Gasteiger partial charge is 0.387 e. The van der Waals surface area contributed by atoms with E-state index in [-0.39, 0.29) is 5.75 Å². The van der Waals surface area contributed by atoms with Gasteiger partial charge in [0.15, 0.2) is 0 Å². The molecule has 86 valence electrons. The van der Waals surface area contributed by atoms with E-state index >= 15 is 0 Å². The Hall–Kier alpha value is -1.58. The summed E-state index contributed by atoms with van der Waals surface area (Å²) in [5.41, 5.74) is 2.09. The molecule has 0 aliphatic heterocycles. The minimum absolute atomic E-state index is 0.208. The van der Waals surface area contributed by atoms with E-state index in [9.17, 15) is 8.78 Å². The van der Waals surface area contributed by atoms with Gasteiger partial charge in [0.1, 0.15) is 5.75 Å². The van der Waals surface area contributed by atoms with Crippen molar-refractivity contribution in [1.29, 1.82) is 0 Å². The van der Waals surface area contributed by atoms with Gasteiger partial charge in [-0.3, -0.25) is 0 Å². The molecule has 1 N–H and O–H groups in total. The first-order chi connectivity index (χ1) is 7.70. The van der Waals surface area contributed by atoms with Gasteiger partial charge in [0.05, 0.1) is 0 Å². The lowest BCUT2D eigenvalue weighted by Gasteiger charge is -2.04. The third-order valence-electron chi connectivity index (χ3n) is 2.48. The summed E-state index contributed by atoms with van der Waals surface area (Å²) in [6.45, 7) is -0.691. The first kappa shape index (κ1) is 10.9. The van der Waals surface area contributed by atoms with Crippen molar-refractivity contribution >= 4 is 10.9 Å². The summed E-state index contributed by atoms with van der Waals surface area (Å²) in [7, 11) is 0. The van der Waals surface area contributed by atoms with Crippen LogP contribution in [0.25, 0.3) is 10.9 Å². The van der Waals surface area contributed by atoms with Crippen LogP contribution >= 0.6 is 0 Å². The number of alkyl halides is 2. The normalized spacial score (nSPS) is 11.2. The van der Waals surface area contributed by atoms with Gasteiger partial charge < -0.3 is 9.72 Å². The Morgan fingerprint density at radius 2 is 2.19 bits per heavy atom. The SMILES string of the molecule is CCCc1c[nH]c2ccc(OC(F)F)cc12. The van der Waals surface area contributed by atoms with Gasteiger partial charge in [-0.1, -0.05) is 13.3 Å². The Morgan fingerprint density at radius 1 is 1.38 bits per heavy atom. The fourth-order valence-corrected chi connectivity index (χ4v) is 1.81. The number of rotatable bonds is 4. The second-order valence-corrected chi connectivity index (χ2v) is 3.65. The van der Waals surface area contributed by atoms with Crippen molar-refractivity contribution in [2.24, 2.45) is 0 Å². The van der Waals surface area contributed by atoms with Crippen LogP contribution in [-0.2, 0) is 6.42 Å². The van der Waals surface area contributed by atoms with Crippen LogP contribution in [-0.4, -0.2) is 11.6 Å². The number of aromatic nitrogens is 1. The number of H-pyrrole nitrogens is 1. The highest BCUT2D eigenvalue weighted by molar-refractivity contribution is 5.84. The number of hydrogen-bond acceptors (Lipinski definition) is 1. The molecule has 0 spiro atoms. The van der Waals surface area contributed by atoms with Gasteiger partial charge in [0, 0.05) is 17.1 Å². The zero-order valence-corrected chi connectivity index (χ0v) is 8.97. The molecule has 2 nitrogen and oxygen atoms in total. The minimum Gasteiger partial charge on any atom is -0.435 e. The van der Waals surface area contributed by atoms with Crippen molar-refractivity contribution in [2.45, 2.75) is 26.4 Å². The molecule has 1 aromatic heterocycles. The largest absolute Gasteiger partial charge is 0.435 e. The van der Waals surface area contributed by atoms with Crippen molar-refractivity contribution < 1.29 is 13.5 Å². The van der Waals surface area contributed by atoms with Crippen molar-refractivity contribution in [3.8, 4) is 5.75 Å². The van der Waals surface area contributed by atoms with Gasteiger partial charge in [-0.05, 0) is 30.2 Å². The lowest BCUT2D eigenvalue weighted by Crippen LogP contribution is -2.01. The van der Waals surface area contributed by atoms with Gasteiger partial charge in [0.2, 0.25) is 0 Å². The molecule has 0 aliphatic rings. The molecular weight excluding hydrogens is 212 g/mol. The Labute approximate surface area is 92.2 Å². The Morgan fingerprint density at radius 3 is 2.88 bits per heavy atom. The maximum atomic E-state index is 12.1. The number of hydrogen-bond donors (Lipinski definition) is 1. The molecule has 1 aromatic carbocycles. The Balaban J connectivity index is 2.37. The molecule has 2 rings (SSSR count). The van der Waals surface area contributed by atoms with Crippen LogP contribution in [0.3, 0.4) is 0 Å². The molecule has 0 amide bonds. The van der Waals surface area contributed by atoms with E-state index in [0.29, 0.717) is 0 Å². The van der Waals surface area contributed by atoms with Crippen LogP contribution in [0.1, 0.15) is 18.9 Å². The molecule has 16 heavy (non-hydrogen) atoms. The summed E-state index contributed by atoms with van der Waals surface area (Å²) < 4.78 is 28.5. The van der Waals surface area contributed by atoms with Gasteiger partial charge in [-0.15, -0.1) is 0 Å². The molecule has 4 heteroatoms. The van der Waals surface area contributed by atoms with E-state index in [0.717, 1.165) is 29.3 Å². The first-order valence-corrected chi connectivity index (χ1v) is 5.25. The van der Waals surface area contributed by atoms with Crippen LogP contribution < -0.4 is 4.74 Å². The fraction of sp³-hybridized carbons (Fsp3) is 0.333. The lowest BCUT2D eigenvalue weighted by molar-refractivity contribution is -0.0497. The summed E-state index contributed by atoms with van der Waals surface area (Å²) in [6.07, 6.45) is 3.87. The van der Waals surface area contributed by atoms with Gasteiger partial charge in [-0.25, -0.2) is 0 Å². The number of fused-ring (bicyclic) bond motifs is 1. The van der Waals surface area contributed by atoms with E-state index in [1.165, 1.54) is 0 Å². The van der Waals surface area contributed by atoms with Crippen LogP contribution in [0.5, 0.6) is 5.75 Å². The third-order valence-corrected chi connectivity index (χ3v) is 2.48. The van der Waals surface area contributed by atoms with Crippen molar-refractivity contribution in [3.05, 3.63) is 30.0 Å². The predicted molar refractivity (Wildman–Crippen MR) is 58.9 cm³/mol. The quantitative estimate of drug-likeness (QED) is 0.842. The van der Waals surface area contributed by atoms with Crippen LogP contribution in [0.2, 0.25) is 0 Å². The van der Waals surface area contributed by atoms with Crippen LogP contribution in [0.15, 0.2) is 24.4 Å². The van der Waals surface area contributed by atoms with Crippen molar-refractivity contribution in [1.82, 2.24) is 4.98 Å². The van der Waals surface area contributed by atoms with Crippen LogP contribution in [0, 0.1) is 0 Å². The minimum atomic E-state index is -2.77. The monoisotopic (exact) mass is 225 g/mol. The molecule has 0 atom stereocenters. The number of nitrogens with one attached hydrogen (secondary N) is 1. The molecular formula is C12H13F2NO. The summed E-state index contributed by atoms with van der Waals surface area (Å²) in [6, 6.07) is 4.95. The van der Waals surface area contributed by atoms with E-state index < -0.39 is 6.61 Å². The second-order valence-electron chi connectivity index (χ2n) is 3.65. The second kappa shape index (κ2) is 4.51. The fourth-order valence-electron chi connectivity index (χ4n) is 1.81. The molecule has 0 fully saturated rings. The molecule has 0 saturated carbocycles. The standard InChI is InChI=1S/C12H13F2NO/c1-2-3-8-7-15-11-5-4-9(6-10(8)11)16-12(13)14/h4-7,12,15H,2-3H2,1H3. The number of ether oxygens (including phenoxy) is 1. The van der Waals surface area contributed by atoms with Gasteiger partial charge in [0.25, 0.3) is 0 Å². The van der Waals surface area contributed by atoms with E-state index in [2.05, 4.69) is 16.6 Å². The molecule has 0 unspecified atom stereocenters. The zero-order chi connectivity index (χ0) is 11.5. The molecule has 1 heterocycles. The highest BCUT2D eigenvalue weighted by Crippen LogP contribution is 2.25. The predicted octanol–water partition coefficient (Wildman–Crippen LogP) is 3.72. The van der Waals surface area contributed by atoms with Crippen molar-refractivity contribution in [2.75, 3.05) is 0 Å². The van der Waals surface area contributed by atoms with Gasteiger partial charge in [-0.2, -0.15) is 8.78 Å². The molecule has 0 saturated heterocycles. The topological polar surface area (TPSA) is 25.0 Å². The average Bonchev–Trinajstić information content (AvgIpc) is 2.61. The number of aryl methyl sites for hydroxylation is 1. The molecule has 0 aliphatic carbocycles. The van der Waals surface area contributed by atoms with E-state index in [4.69, 9.17) is 0 Å². The number of halogens is 2. The number of aromatic amines is 1. The maximum Gasteiger partial charge on any atom is 0.387 e. The molecule has 0 radical (unpaired) electrons. The van der Waals surface area contributed by atoms with Crippen molar-refractivity contribution in [3.63, 3.8) is 0 Å².